The molecule has 2 aromatic carbocycles. The topological polar surface area (TPSA) is 74.4 Å². The number of rotatable bonds is 6. The van der Waals surface area contributed by atoms with Gasteiger partial charge in [-0.25, -0.2) is 0 Å². The molecule has 0 aliphatic rings. The Balaban J connectivity index is 1.59. The number of hydrogen-bond acceptors (Lipinski definition) is 3. The lowest BCUT2D eigenvalue weighted by atomic mass is 10.1. The van der Waals surface area contributed by atoms with Crippen LogP contribution in [0.25, 0.3) is 10.9 Å². The van der Waals surface area contributed by atoms with E-state index in [9.17, 15) is 9.59 Å². The molecular weight excluding hydrogens is 330 g/mol. The highest BCUT2D eigenvalue weighted by Crippen LogP contribution is 2.19. The molecule has 0 aliphatic carbocycles. The average molecular weight is 351 g/mol. The molecule has 1 heterocycles. The number of methoxy groups -OCH3 is 1. The lowest BCUT2D eigenvalue weighted by Gasteiger charge is -2.17. The van der Waals surface area contributed by atoms with E-state index in [1.807, 2.05) is 30.5 Å². The molecule has 0 fully saturated rings. The second-order valence-corrected chi connectivity index (χ2v) is 6.07. The summed E-state index contributed by atoms with van der Waals surface area (Å²) in [5, 5.41) is 3.80. The van der Waals surface area contributed by atoms with E-state index >= 15 is 0 Å². The van der Waals surface area contributed by atoms with Gasteiger partial charge in [0.15, 0.2) is 0 Å². The summed E-state index contributed by atoms with van der Waals surface area (Å²) in [6.45, 7) is -0.0155. The molecular formula is C20H21N3O3. The monoisotopic (exact) mass is 351 g/mol. The SMILES string of the molecule is COc1cccc(NC(=O)CN(C)C(=O)Cc2c[nH]c3ccccc23)c1. The number of H-pyrrole nitrogens is 1. The number of anilines is 1. The van der Waals surface area contributed by atoms with Gasteiger partial charge in [0.1, 0.15) is 5.75 Å². The lowest BCUT2D eigenvalue weighted by Crippen LogP contribution is -2.35. The summed E-state index contributed by atoms with van der Waals surface area (Å²) in [6.07, 6.45) is 2.08. The molecule has 2 amide bonds. The van der Waals surface area contributed by atoms with Crippen LogP contribution in [-0.2, 0) is 16.0 Å². The first-order valence-corrected chi connectivity index (χ1v) is 8.29. The summed E-state index contributed by atoms with van der Waals surface area (Å²) in [4.78, 5) is 29.2. The number of fused-ring (bicyclic) bond motifs is 1. The van der Waals surface area contributed by atoms with Crippen LogP contribution in [0.4, 0.5) is 5.69 Å². The fourth-order valence-corrected chi connectivity index (χ4v) is 2.78. The lowest BCUT2D eigenvalue weighted by molar-refractivity contribution is -0.132. The minimum absolute atomic E-state index is 0.0155. The van der Waals surface area contributed by atoms with E-state index in [0.29, 0.717) is 11.4 Å². The molecule has 3 aromatic rings. The third kappa shape index (κ3) is 4.03. The number of nitrogens with one attached hydrogen (secondary N) is 2. The van der Waals surface area contributed by atoms with E-state index in [1.54, 1.807) is 38.4 Å². The minimum Gasteiger partial charge on any atom is -0.497 e. The predicted molar refractivity (Wildman–Crippen MR) is 101 cm³/mol. The van der Waals surface area contributed by atoms with Crippen LogP contribution in [-0.4, -0.2) is 42.4 Å². The van der Waals surface area contributed by atoms with Gasteiger partial charge in [0, 0.05) is 35.9 Å². The average Bonchev–Trinajstić information content (AvgIpc) is 3.04. The number of amides is 2. The van der Waals surface area contributed by atoms with E-state index in [2.05, 4.69) is 10.3 Å². The summed E-state index contributed by atoms with van der Waals surface area (Å²) in [5.74, 6) is 0.287. The quantitative estimate of drug-likeness (QED) is 0.717. The van der Waals surface area contributed by atoms with Crippen LogP contribution in [0.15, 0.2) is 54.7 Å². The highest BCUT2D eigenvalue weighted by Gasteiger charge is 2.15. The van der Waals surface area contributed by atoms with Gasteiger partial charge in [0.25, 0.3) is 0 Å². The second kappa shape index (κ2) is 7.74. The Labute approximate surface area is 151 Å². The standard InChI is InChI=1S/C20H21N3O3/c1-23(13-19(24)22-15-6-5-7-16(11-15)26-2)20(25)10-14-12-21-18-9-4-3-8-17(14)18/h3-9,11-12,21H,10,13H2,1-2H3,(H,22,24). The van der Waals surface area contributed by atoms with Gasteiger partial charge >= 0.3 is 0 Å². The molecule has 0 saturated heterocycles. The zero-order chi connectivity index (χ0) is 18.5. The number of hydrogen-bond donors (Lipinski definition) is 2. The van der Waals surface area contributed by atoms with E-state index in [1.165, 1.54) is 4.90 Å². The summed E-state index contributed by atoms with van der Waals surface area (Å²) in [7, 11) is 3.19. The van der Waals surface area contributed by atoms with E-state index in [0.717, 1.165) is 16.5 Å². The van der Waals surface area contributed by atoms with E-state index < -0.39 is 0 Å². The molecule has 26 heavy (non-hydrogen) atoms. The Morgan fingerprint density at radius 3 is 2.77 bits per heavy atom. The summed E-state index contributed by atoms with van der Waals surface area (Å²) in [5.41, 5.74) is 2.55. The number of ether oxygens (including phenoxy) is 1. The van der Waals surface area contributed by atoms with Gasteiger partial charge in [-0.15, -0.1) is 0 Å². The van der Waals surface area contributed by atoms with Crippen LogP contribution >= 0.6 is 0 Å². The van der Waals surface area contributed by atoms with Gasteiger partial charge in [-0.05, 0) is 23.8 Å². The van der Waals surface area contributed by atoms with E-state index in [4.69, 9.17) is 4.74 Å². The van der Waals surface area contributed by atoms with Gasteiger partial charge in [0.05, 0.1) is 20.1 Å². The third-order valence-electron chi connectivity index (χ3n) is 4.18. The number of carbonyl (C=O) groups excluding carboxylic acids is 2. The van der Waals surface area contributed by atoms with E-state index in [-0.39, 0.29) is 24.8 Å². The number of likely N-dealkylation sites (N-methyl/N-ethyl adjacent to an activating group) is 1. The fraction of sp³-hybridized carbons (Fsp3) is 0.200. The second-order valence-electron chi connectivity index (χ2n) is 6.07. The highest BCUT2D eigenvalue weighted by molar-refractivity contribution is 5.95. The first-order chi connectivity index (χ1) is 12.6. The largest absolute Gasteiger partial charge is 0.497 e. The maximum absolute atomic E-state index is 12.5. The molecule has 0 spiro atoms. The van der Waals surface area contributed by atoms with Crippen molar-refractivity contribution in [3.63, 3.8) is 0 Å². The molecule has 0 atom stereocenters. The molecule has 0 saturated carbocycles. The Kier molecular flexibility index (Phi) is 5.22. The maximum Gasteiger partial charge on any atom is 0.243 e. The number of carbonyl (C=O) groups is 2. The van der Waals surface area contributed by atoms with Gasteiger partial charge < -0.3 is 19.9 Å². The number of para-hydroxylation sites is 1. The number of aromatic amines is 1. The van der Waals surface area contributed by atoms with Crippen molar-refractivity contribution >= 4 is 28.4 Å². The molecule has 2 N–H and O–H groups in total. The molecule has 1 aromatic heterocycles. The van der Waals surface area contributed by atoms with Crippen LogP contribution in [0.3, 0.4) is 0 Å². The molecule has 6 heteroatoms. The first-order valence-electron chi connectivity index (χ1n) is 8.29. The van der Waals surface area contributed by atoms with Gasteiger partial charge in [-0.1, -0.05) is 24.3 Å². The maximum atomic E-state index is 12.5. The summed E-state index contributed by atoms with van der Waals surface area (Å²) in [6, 6.07) is 14.9. The van der Waals surface area contributed by atoms with Crippen LogP contribution < -0.4 is 10.1 Å². The summed E-state index contributed by atoms with van der Waals surface area (Å²) >= 11 is 0. The van der Waals surface area contributed by atoms with Crippen LogP contribution in [0.2, 0.25) is 0 Å². The Morgan fingerprint density at radius 1 is 1.15 bits per heavy atom. The van der Waals surface area contributed by atoms with Crippen molar-refractivity contribution in [2.24, 2.45) is 0 Å². The van der Waals surface area contributed by atoms with Gasteiger partial charge in [-0.3, -0.25) is 9.59 Å². The van der Waals surface area contributed by atoms with Crippen LogP contribution in [0.1, 0.15) is 5.56 Å². The third-order valence-corrected chi connectivity index (χ3v) is 4.18. The molecule has 0 radical (unpaired) electrons. The van der Waals surface area contributed by atoms with Gasteiger partial charge in [-0.2, -0.15) is 0 Å². The zero-order valence-corrected chi connectivity index (χ0v) is 14.8. The number of benzene rings is 2. The van der Waals surface area contributed by atoms with Crippen molar-refractivity contribution in [2.75, 3.05) is 26.0 Å². The smallest absolute Gasteiger partial charge is 0.243 e. The fourth-order valence-electron chi connectivity index (χ4n) is 2.78. The summed E-state index contributed by atoms with van der Waals surface area (Å²) < 4.78 is 5.13. The van der Waals surface area contributed by atoms with Crippen molar-refractivity contribution in [2.45, 2.75) is 6.42 Å². The Bertz CT molecular complexity index is 933. The highest BCUT2D eigenvalue weighted by atomic mass is 16.5. The van der Waals surface area contributed by atoms with Crippen molar-refractivity contribution in [3.05, 3.63) is 60.3 Å². The molecule has 3 rings (SSSR count). The Hall–Kier alpha value is -3.28. The zero-order valence-electron chi connectivity index (χ0n) is 14.8. The molecule has 134 valence electrons. The predicted octanol–water partition coefficient (Wildman–Crippen LogP) is 2.82. The molecule has 0 unspecified atom stereocenters. The molecule has 6 nitrogen and oxygen atoms in total. The molecule has 0 bridgehead atoms. The van der Waals surface area contributed by atoms with Crippen molar-refractivity contribution in [3.8, 4) is 5.75 Å². The van der Waals surface area contributed by atoms with Crippen molar-refractivity contribution in [1.29, 1.82) is 0 Å². The Morgan fingerprint density at radius 2 is 1.96 bits per heavy atom. The van der Waals surface area contributed by atoms with Crippen LogP contribution in [0, 0.1) is 0 Å². The van der Waals surface area contributed by atoms with Crippen LogP contribution in [0.5, 0.6) is 5.75 Å². The molecule has 0 aliphatic heterocycles. The number of nitrogens with zero attached hydrogens (tertiary/aromatic N) is 1. The minimum atomic E-state index is -0.256. The van der Waals surface area contributed by atoms with Crippen molar-refractivity contribution in [1.82, 2.24) is 9.88 Å². The number of aromatic nitrogens is 1. The van der Waals surface area contributed by atoms with Gasteiger partial charge in [0.2, 0.25) is 11.8 Å². The van der Waals surface area contributed by atoms with Crippen molar-refractivity contribution < 1.29 is 14.3 Å². The normalized spacial score (nSPS) is 10.5. The first kappa shape index (κ1) is 17.5.